The van der Waals surface area contributed by atoms with Crippen LogP contribution in [0.25, 0.3) is 16.8 Å². The predicted octanol–water partition coefficient (Wildman–Crippen LogP) is 2.42. The number of benzene rings is 1. The summed E-state index contributed by atoms with van der Waals surface area (Å²) in [5.41, 5.74) is 0.955. The zero-order chi connectivity index (χ0) is 11.4. The van der Waals surface area contributed by atoms with E-state index in [1.807, 2.05) is 24.3 Å². The summed E-state index contributed by atoms with van der Waals surface area (Å²) in [5.74, 6) is -0.360. The minimum atomic E-state index is -0.360. The lowest BCUT2D eigenvalue weighted by Crippen LogP contribution is -1.93. The first kappa shape index (κ1) is 10.4. The highest BCUT2D eigenvalue weighted by Crippen LogP contribution is 2.18. The summed E-state index contributed by atoms with van der Waals surface area (Å²) < 4.78 is 4.54. The number of hydrogen-bond acceptors (Lipinski definition) is 3. The van der Waals surface area contributed by atoms with Crippen molar-refractivity contribution < 1.29 is 9.53 Å². The summed E-state index contributed by atoms with van der Waals surface area (Å²) in [6, 6.07) is 7.82. The fourth-order valence-corrected chi connectivity index (χ4v) is 1.51. The van der Waals surface area contributed by atoms with Crippen molar-refractivity contribution in [3.05, 3.63) is 48.3 Å². The van der Waals surface area contributed by atoms with Crippen LogP contribution in [0.2, 0.25) is 0 Å². The standard InChI is InChI=1S/C13H11NO2/c1-16-13(15)6-5-10-3-2-4-11-7-8-14-9-12(10)11/h2-9H,1H3. The monoisotopic (exact) mass is 213 g/mol. The topological polar surface area (TPSA) is 39.2 Å². The van der Waals surface area contributed by atoms with E-state index >= 15 is 0 Å². The van der Waals surface area contributed by atoms with E-state index in [2.05, 4.69) is 9.72 Å². The lowest BCUT2D eigenvalue weighted by atomic mass is 10.1. The van der Waals surface area contributed by atoms with Crippen molar-refractivity contribution in [2.45, 2.75) is 0 Å². The fraction of sp³-hybridized carbons (Fsp3) is 0.0769. The average molecular weight is 213 g/mol. The molecule has 0 aliphatic carbocycles. The molecule has 0 unspecified atom stereocenters. The quantitative estimate of drug-likeness (QED) is 0.568. The van der Waals surface area contributed by atoms with Crippen LogP contribution < -0.4 is 0 Å². The number of carbonyl (C=O) groups is 1. The van der Waals surface area contributed by atoms with Gasteiger partial charge in [-0.2, -0.15) is 0 Å². The van der Waals surface area contributed by atoms with Gasteiger partial charge in [-0.1, -0.05) is 18.2 Å². The number of nitrogens with zero attached hydrogens (tertiary/aromatic N) is 1. The molecule has 0 amide bonds. The van der Waals surface area contributed by atoms with E-state index in [4.69, 9.17) is 0 Å². The highest BCUT2D eigenvalue weighted by Gasteiger charge is 1.98. The molecule has 16 heavy (non-hydrogen) atoms. The molecule has 0 aliphatic heterocycles. The van der Waals surface area contributed by atoms with Gasteiger partial charge in [0, 0.05) is 23.9 Å². The van der Waals surface area contributed by atoms with Crippen molar-refractivity contribution in [2.75, 3.05) is 7.11 Å². The van der Waals surface area contributed by atoms with Gasteiger partial charge in [-0.05, 0) is 23.1 Å². The summed E-state index contributed by atoms with van der Waals surface area (Å²) in [6.45, 7) is 0. The molecule has 3 heteroatoms. The first-order chi connectivity index (χ1) is 7.81. The fourth-order valence-electron chi connectivity index (χ4n) is 1.51. The lowest BCUT2D eigenvalue weighted by molar-refractivity contribution is -0.134. The van der Waals surface area contributed by atoms with Crippen LogP contribution in [0.1, 0.15) is 5.56 Å². The molecule has 0 N–H and O–H groups in total. The number of esters is 1. The molecule has 80 valence electrons. The summed E-state index contributed by atoms with van der Waals surface area (Å²) in [6.07, 6.45) is 6.67. The Balaban J connectivity index is 2.45. The Hall–Kier alpha value is -2.16. The van der Waals surface area contributed by atoms with Gasteiger partial charge in [-0.3, -0.25) is 4.98 Å². The van der Waals surface area contributed by atoms with Crippen LogP contribution in [0.5, 0.6) is 0 Å². The maximum absolute atomic E-state index is 11.0. The van der Waals surface area contributed by atoms with Crippen molar-refractivity contribution in [3.8, 4) is 0 Å². The molecule has 1 aromatic heterocycles. The smallest absolute Gasteiger partial charge is 0.330 e. The van der Waals surface area contributed by atoms with E-state index < -0.39 is 0 Å². The number of fused-ring (bicyclic) bond motifs is 1. The third kappa shape index (κ3) is 2.08. The number of carbonyl (C=O) groups excluding carboxylic acids is 1. The van der Waals surface area contributed by atoms with Crippen LogP contribution in [-0.2, 0) is 9.53 Å². The molecular formula is C13H11NO2. The number of rotatable bonds is 2. The molecule has 0 saturated carbocycles. The molecule has 2 rings (SSSR count). The highest BCUT2D eigenvalue weighted by atomic mass is 16.5. The number of aromatic nitrogens is 1. The zero-order valence-electron chi connectivity index (χ0n) is 8.88. The average Bonchev–Trinajstić information content (AvgIpc) is 2.35. The van der Waals surface area contributed by atoms with Crippen molar-refractivity contribution in [2.24, 2.45) is 0 Å². The Morgan fingerprint density at radius 1 is 1.38 bits per heavy atom. The van der Waals surface area contributed by atoms with Crippen LogP contribution in [0.15, 0.2) is 42.7 Å². The molecular weight excluding hydrogens is 202 g/mol. The Kier molecular flexibility index (Phi) is 2.96. The summed E-state index contributed by atoms with van der Waals surface area (Å²) in [7, 11) is 1.36. The van der Waals surface area contributed by atoms with E-state index in [0.717, 1.165) is 16.3 Å². The zero-order valence-corrected chi connectivity index (χ0v) is 8.88. The molecule has 0 saturated heterocycles. The van der Waals surface area contributed by atoms with Gasteiger partial charge in [0.15, 0.2) is 0 Å². The predicted molar refractivity (Wildman–Crippen MR) is 62.8 cm³/mol. The molecule has 0 aliphatic rings. The Labute approximate surface area is 93.4 Å². The normalized spacial score (nSPS) is 10.8. The molecule has 0 radical (unpaired) electrons. The van der Waals surface area contributed by atoms with Gasteiger partial charge in [0.25, 0.3) is 0 Å². The molecule has 1 aromatic carbocycles. The van der Waals surface area contributed by atoms with Crippen LogP contribution in [-0.4, -0.2) is 18.1 Å². The number of methoxy groups -OCH3 is 1. The van der Waals surface area contributed by atoms with Gasteiger partial charge in [-0.15, -0.1) is 0 Å². The summed E-state index contributed by atoms with van der Waals surface area (Å²) in [4.78, 5) is 15.1. The maximum atomic E-state index is 11.0. The van der Waals surface area contributed by atoms with Crippen LogP contribution in [0.3, 0.4) is 0 Å². The highest BCUT2D eigenvalue weighted by molar-refractivity contribution is 5.94. The van der Waals surface area contributed by atoms with E-state index in [9.17, 15) is 4.79 Å². The van der Waals surface area contributed by atoms with Crippen molar-refractivity contribution in [1.82, 2.24) is 4.98 Å². The molecule has 1 heterocycles. The van der Waals surface area contributed by atoms with Crippen LogP contribution >= 0.6 is 0 Å². The van der Waals surface area contributed by atoms with Crippen molar-refractivity contribution in [1.29, 1.82) is 0 Å². The third-order valence-electron chi connectivity index (χ3n) is 2.32. The second-order valence-corrected chi connectivity index (χ2v) is 3.30. The first-order valence-corrected chi connectivity index (χ1v) is 4.90. The molecule has 0 spiro atoms. The van der Waals surface area contributed by atoms with Crippen LogP contribution in [0.4, 0.5) is 0 Å². The second kappa shape index (κ2) is 4.57. The second-order valence-electron chi connectivity index (χ2n) is 3.30. The van der Waals surface area contributed by atoms with E-state index in [0.29, 0.717) is 0 Å². The number of ether oxygens (including phenoxy) is 1. The van der Waals surface area contributed by atoms with Gasteiger partial charge < -0.3 is 4.74 Å². The number of hydrogen-bond donors (Lipinski definition) is 0. The van der Waals surface area contributed by atoms with E-state index in [1.54, 1.807) is 18.5 Å². The molecule has 0 bridgehead atoms. The number of pyridine rings is 1. The minimum Gasteiger partial charge on any atom is -0.466 e. The van der Waals surface area contributed by atoms with Gasteiger partial charge in [0.05, 0.1) is 7.11 Å². The summed E-state index contributed by atoms with van der Waals surface area (Å²) >= 11 is 0. The van der Waals surface area contributed by atoms with E-state index in [-0.39, 0.29) is 5.97 Å². The molecule has 0 fully saturated rings. The van der Waals surface area contributed by atoms with Gasteiger partial charge in [-0.25, -0.2) is 4.79 Å². The van der Waals surface area contributed by atoms with E-state index in [1.165, 1.54) is 13.2 Å². The van der Waals surface area contributed by atoms with Gasteiger partial charge >= 0.3 is 5.97 Å². The first-order valence-electron chi connectivity index (χ1n) is 4.90. The molecule has 0 atom stereocenters. The third-order valence-corrected chi connectivity index (χ3v) is 2.32. The maximum Gasteiger partial charge on any atom is 0.330 e. The SMILES string of the molecule is COC(=O)C=Cc1cccc2ccncc12. The van der Waals surface area contributed by atoms with Crippen molar-refractivity contribution >= 4 is 22.8 Å². The van der Waals surface area contributed by atoms with Crippen LogP contribution in [0, 0.1) is 0 Å². The molecule has 3 nitrogen and oxygen atoms in total. The van der Waals surface area contributed by atoms with Gasteiger partial charge in [0.2, 0.25) is 0 Å². The Morgan fingerprint density at radius 3 is 3.06 bits per heavy atom. The summed E-state index contributed by atoms with van der Waals surface area (Å²) in [5, 5.41) is 2.12. The largest absolute Gasteiger partial charge is 0.466 e. The Morgan fingerprint density at radius 2 is 2.25 bits per heavy atom. The van der Waals surface area contributed by atoms with Crippen molar-refractivity contribution in [3.63, 3.8) is 0 Å². The molecule has 2 aromatic rings. The Bertz CT molecular complexity index is 541. The van der Waals surface area contributed by atoms with Gasteiger partial charge in [0.1, 0.15) is 0 Å². The lowest BCUT2D eigenvalue weighted by Gasteiger charge is -2.00. The minimum absolute atomic E-state index is 0.360.